The highest BCUT2D eigenvalue weighted by Gasteiger charge is 2.19. The summed E-state index contributed by atoms with van der Waals surface area (Å²) in [7, 11) is 0. The highest BCUT2D eigenvalue weighted by molar-refractivity contribution is 5.71. The Morgan fingerprint density at radius 1 is 0.333 bits per heavy atom. The molecule has 0 aliphatic rings. The van der Waals surface area contributed by atoms with Crippen LogP contribution in [0.1, 0.15) is 278 Å². The van der Waals surface area contributed by atoms with Gasteiger partial charge in [0.1, 0.15) is 13.2 Å². The number of esters is 3. The van der Waals surface area contributed by atoms with Gasteiger partial charge in [-0.05, 0) is 57.8 Å². The quantitative estimate of drug-likeness (QED) is 0.0262. The SMILES string of the molecule is CC/C=C\C/C=C\C/C=C\C/C=C\CCCCCCCCC(=O)OCC(COC(=O)CCCCCCCCCCCCC)OC(=O)CCCCCCCCCCCCCCCCC. The van der Waals surface area contributed by atoms with E-state index >= 15 is 0 Å². The van der Waals surface area contributed by atoms with Gasteiger partial charge in [-0.15, -0.1) is 0 Å². The van der Waals surface area contributed by atoms with Crippen LogP contribution in [0.2, 0.25) is 0 Å². The summed E-state index contributed by atoms with van der Waals surface area (Å²) in [6, 6.07) is 0. The predicted octanol–water partition coefficient (Wildman–Crippen LogP) is 17.9. The van der Waals surface area contributed by atoms with Gasteiger partial charge in [-0.1, -0.05) is 249 Å². The Bertz CT molecular complexity index is 1110. The first kappa shape index (κ1) is 60.4. The Morgan fingerprint density at radius 3 is 0.968 bits per heavy atom. The van der Waals surface area contributed by atoms with E-state index in [4.69, 9.17) is 14.2 Å². The van der Waals surface area contributed by atoms with Gasteiger partial charge in [0.2, 0.25) is 0 Å². The fourth-order valence-electron chi connectivity index (χ4n) is 7.79. The molecule has 0 spiro atoms. The minimum Gasteiger partial charge on any atom is -0.462 e. The van der Waals surface area contributed by atoms with E-state index in [-0.39, 0.29) is 31.1 Å². The van der Waals surface area contributed by atoms with Gasteiger partial charge in [0.05, 0.1) is 0 Å². The van der Waals surface area contributed by atoms with Crippen LogP contribution in [0.3, 0.4) is 0 Å². The van der Waals surface area contributed by atoms with Crippen molar-refractivity contribution in [2.24, 2.45) is 0 Å². The minimum atomic E-state index is -0.774. The Kier molecular flexibility index (Phi) is 49.8. The molecule has 0 heterocycles. The van der Waals surface area contributed by atoms with Crippen LogP contribution in [0.25, 0.3) is 0 Å². The monoisotopic (exact) mass is 883 g/mol. The summed E-state index contributed by atoms with van der Waals surface area (Å²) >= 11 is 0. The molecule has 0 saturated heterocycles. The summed E-state index contributed by atoms with van der Waals surface area (Å²) in [6.07, 6.45) is 62.3. The van der Waals surface area contributed by atoms with Crippen LogP contribution in [0.15, 0.2) is 48.6 Å². The van der Waals surface area contributed by atoms with Crippen molar-refractivity contribution in [1.29, 1.82) is 0 Å². The van der Waals surface area contributed by atoms with Crippen LogP contribution in [0.5, 0.6) is 0 Å². The molecule has 0 aliphatic carbocycles. The second kappa shape index (κ2) is 52.0. The summed E-state index contributed by atoms with van der Waals surface area (Å²) in [6.45, 7) is 6.53. The Balaban J connectivity index is 4.34. The normalized spacial score (nSPS) is 12.4. The Labute approximate surface area is 390 Å². The molecule has 1 unspecified atom stereocenters. The summed E-state index contributed by atoms with van der Waals surface area (Å²) in [5.41, 5.74) is 0. The third-order valence-corrected chi connectivity index (χ3v) is 11.8. The molecule has 0 bridgehead atoms. The molecule has 0 N–H and O–H groups in total. The molecule has 0 aliphatic heterocycles. The lowest BCUT2D eigenvalue weighted by molar-refractivity contribution is -0.167. The molecule has 6 heteroatoms. The number of ether oxygens (including phenoxy) is 3. The van der Waals surface area contributed by atoms with Gasteiger partial charge < -0.3 is 14.2 Å². The number of hydrogen-bond acceptors (Lipinski definition) is 6. The van der Waals surface area contributed by atoms with Gasteiger partial charge >= 0.3 is 17.9 Å². The van der Waals surface area contributed by atoms with Crippen molar-refractivity contribution in [3.8, 4) is 0 Å². The summed E-state index contributed by atoms with van der Waals surface area (Å²) in [4.78, 5) is 38.0. The fraction of sp³-hybridized carbons (Fsp3) is 0.807. The summed E-state index contributed by atoms with van der Waals surface area (Å²) in [5.74, 6) is -0.876. The highest BCUT2D eigenvalue weighted by atomic mass is 16.6. The lowest BCUT2D eigenvalue weighted by Crippen LogP contribution is -2.30. The van der Waals surface area contributed by atoms with E-state index in [1.807, 2.05) is 0 Å². The molecule has 1 atom stereocenters. The van der Waals surface area contributed by atoms with E-state index < -0.39 is 6.10 Å². The standard InChI is InChI=1S/C57H102O6/c1-4-7-10-13-16-19-22-24-26-27-28-29-31-32-35-38-41-44-47-50-56(59)62-53-54(52-61-55(58)49-46-43-40-37-34-21-18-15-12-9-6-3)63-57(60)51-48-45-42-39-36-33-30-25-23-20-17-14-11-8-5-2/h7,10,16,19,24,26,28-29,54H,4-6,8-9,11-15,17-18,20-23,25,27,30-53H2,1-3H3/b10-7-,19-16-,26-24-,29-28-. The topological polar surface area (TPSA) is 78.9 Å². The number of rotatable bonds is 49. The molecular formula is C57H102O6. The van der Waals surface area contributed by atoms with E-state index in [1.165, 1.54) is 148 Å². The first-order valence-corrected chi connectivity index (χ1v) is 27.1. The number of carbonyl (C=O) groups is 3. The summed E-state index contributed by atoms with van der Waals surface area (Å²) < 4.78 is 16.8. The van der Waals surface area contributed by atoms with Gasteiger partial charge in [0.15, 0.2) is 6.10 Å². The van der Waals surface area contributed by atoms with Crippen molar-refractivity contribution in [2.75, 3.05) is 13.2 Å². The van der Waals surface area contributed by atoms with Crippen molar-refractivity contribution in [3.63, 3.8) is 0 Å². The predicted molar refractivity (Wildman–Crippen MR) is 270 cm³/mol. The average Bonchev–Trinajstić information content (AvgIpc) is 3.28. The molecule has 0 saturated carbocycles. The molecule has 366 valence electrons. The third kappa shape index (κ3) is 50.2. The maximum absolute atomic E-state index is 12.8. The first-order valence-electron chi connectivity index (χ1n) is 27.1. The van der Waals surface area contributed by atoms with E-state index in [2.05, 4.69) is 69.4 Å². The molecule has 63 heavy (non-hydrogen) atoms. The smallest absolute Gasteiger partial charge is 0.306 e. The maximum Gasteiger partial charge on any atom is 0.306 e. The molecular weight excluding hydrogens is 781 g/mol. The molecule has 0 rings (SSSR count). The molecule has 0 fully saturated rings. The molecule has 0 amide bonds. The van der Waals surface area contributed by atoms with Gasteiger partial charge in [0, 0.05) is 19.3 Å². The average molecular weight is 883 g/mol. The number of hydrogen-bond donors (Lipinski definition) is 0. The van der Waals surface area contributed by atoms with E-state index in [9.17, 15) is 14.4 Å². The Hall–Kier alpha value is -2.63. The molecule has 0 radical (unpaired) electrons. The lowest BCUT2D eigenvalue weighted by Gasteiger charge is -2.18. The van der Waals surface area contributed by atoms with Crippen LogP contribution in [0, 0.1) is 0 Å². The number of allylic oxidation sites excluding steroid dienone is 8. The van der Waals surface area contributed by atoms with Crippen molar-refractivity contribution in [1.82, 2.24) is 0 Å². The molecule has 0 aromatic rings. The van der Waals surface area contributed by atoms with Crippen LogP contribution in [0.4, 0.5) is 0 Å². The highest BCUT2D eigenvalue weighted by Crippen LogP contribution is 2.16. The largest absolute Gasteiger partial charge is 0.462 e. The molecule has 0 aromatic heterocycles. The zero-order valence-electron chi connectivity index (χ0n) is 41.8. The van der Waals surface area contributed by atoms with Gasteiger partial charge in [-0.2, -0.15) is 0 Å². The van der Waals surface area contributed by atoms with Crippen molar-refractivity contribution in [2.45, 2.75) is 284 Å². The van der Waals surface area contributed by atoms with Crippen LogP contribution in [-0.4, -0.2) is 37.2 Å². The van der Waals surface area contributed by atoms with Gasteiger partial charge in [0.25, 0.3) is 0 Å². The second-order valence-electron chi connectivity index (χ2n) is 18.1. The van der Waals surface area contributed by atoms with Crippen LogP contribution < -0.4 is 0 Å². The molecule has 6 nitrogen and oxygen atoms in total. The van der Waals surface area contributed by atoms with Crippen LogP contribution in [-0.2, 0) is 28.6 Å². The van der Waals surface area contributed by atoms with E-state index in [0.717, 1.165) is 89.9 Å². The first-order chi connectivity index (χ1) is 31.0. The zero-order chi connectivity index (χ0) is 45.8. The molecule has 0 aromatic carbocycles. The van der Waals surface area contributed by atoms with Crippen molar-refractivity contribution >= 4 is 17.9 Å². The minimum absolute atomic E-state index is 0.0738. The van der Waals surface area contributed by atoms with Gasteiger partial charge in [-0.3, -0.25) is 14.4 Å². The zero-order valence-corrected chi connectivity index (χ0v) is 41.8. The second-order valence-corrected chi connectivity index (χ2v) is 18.1. The van der Waals surface area contributed by atoms with Gasteiger partial charge in [-0.25, -0.2) is 0 Å². The van der Waals surface area contributed by atoms with Crippen LogP contribution >= 0.6 is 0 Å². The lowest BCUT2D eigenvalue weighted by atomic mass is 10.0. The number of carbonyl (C=O) groups excluding carboxylic acids is 3. The fourth-order valence-corrected chi connectivity index (χ4v) is 7.79. The summed E-state index contributed by atoms with van der Waals surface area (Å²) in [5, 5.41) is 0. The van der Waals surface area contributed by atoms with E-state index in [1.54, 1.807) is 0 Å². The third-order valence-electron chi connectivity index (χ3n) is 11.8. The Morgan fingerprint density at radius 2 is 0.619 bits per heavy atom. The van der Waals surface area contributed by atoms with Crippen molar-refractivity contribution < 1.29 is 28.6 Å². The van der Waals surface area contributed by atoms with E-state index in [0.29, 0.717) is 19.3 Å². The maximum atomic E-state index is 12.8. The van der Waals surface area contributed by atoms with Crippen molar-refractivity contribution in [3.05, 3.63) is 48.6 Å². The number of unbranched alkanes of at least 4 members (excludes halogenated alkanes) is 30.